The monoisotopic (exact) mass is 252 g/mol. The zero-order valence-corrected chi connectivity index (χ0v) is 11.4. The fourth-order valence-corrected chi connectivity index (χ4v) is 2.19. The molecular formula is C14H21O2P. The van der Waals surface area contributed by atoms with Crippen LogP contribution in [0, 0.1) is 0 Å². The number of aryl methyl sites for hydroxylation is 1. The van der Waals surface area contributed by atoms with Crippen molar-refractivity contribution in [2.24, 2.45) is 0 Å². The molecule has 0 radical (unpaired) electrons. The fraction of sp³-hybridized carbons (Fsp3) is 0.571. The van der Waals surface area contributed by atoms with Crippen LogP contribution in [-0.4, -0.2) is 0 Å². The van der Waals surface area contributed by atoms with E-state index in [0.717, 1.165) is 17.7 Å². The molecule has 0 aromatic heterocycles. The molecule has 0 amide bonds. The normalized spacial score (nSPS) is 10.6. The van der Waals surface area contributed by atoms with E-state index in [9.17, 15) is 4.57 Å². The van der Waals surface area contributed by atoms with Crippen molar-refractivity contribution in [2.75, 3.05) is 0 Å². The highest BCUT2D eigenvalue weighted by Crippen LogP contribution is 2.23. The molecule has 3 heteroatoms. The Hall–Kier alpha value is -0.880. The van der Waals surface area contributed by atoms with Gasteiger partial charge >= 0.3 is 8.69 Å². The highest BCUT2D eigenvalue weighted by Gasteiger charge is 2.02. The number of para-hydroxylation sites is 1. The molecule has 0 heterocycles. The van der Waals surface area contributed by atoms with Gasteiger partial charge in [0, 0.05) is 0 Å². The molecule has 0 aliphatic carbocycles. The Morgan fingerprint density at radius 3 is 2.53 bits per heavy atom. The van der Waals surface area contributed by atoms with Gasteiger partial charge in [-0.15, -0.1) is 0 Å². The lowest BCUT2D eigenvalue weighted by Crippen LogP contribution is -1.89. The summed E-state index contributed by atoms with van der Waals surface area (Å²) in [5, 5.41) is 0. The van der Waals surface area contributed by atoms with E-state index in [0.29, 0.717) is 0 Å². The minimum Gasteiger partial charge on any atom is -0.407 e. The van der Waals surface area contributed by atoms with E-state index in [4.69, 9.17) is 4.52 Å². The zero-order chi connectivity index (χ0) is 12.3. The first kappa shape index (κ1) is 14.2. The number of unbranched alkanes of at least 4 members (excludes halogenated alkanes) is 5. The van der Waals surface area contributed by atoms with Crippen LogP contribution in [0.15, 0.2) is 24.3 Å². The summed E-state index contributed by atoms with van der Waals surface area (Å²) in [5.41, 5.74) is 1.16. The van der Waals surface area contributed by atoms with Gasteiger partial charge in [-0.1, -0.05) is 57.2 Å². The molecular weight excluding hydrogens is 231 g/mol. The summed E-state index contributed by atoms with van der Waals surface area (Å²) in [6, 6.07) is 7.83. The van der Waals surface area contributed by atoms with Crippen LogP contribution in [0.2, 0.25) is 0 Å². The van der Waals surface area contributed by atoms with E-state index in [2.05, 4.69) is 6.92 Å². The van der Waals surface area contributed by atoms with E-state index in [-0.39, 0.29) is 8.69 Å². The summed E-state index contributed by atoms with van der Waals surface area (Å²) < 4.78 is 15.5. The summed E-state index contributed by atoms with van der Waals surface area (Å²) >= 11 is 0. The smallest absolute Gasteiger partial charge is 0.395 e. The Kier molecular flexibility index (Phi) is 7.66. The van der Waals surface area contributed by atoms with Crippen LogP contribution in [0.5, 0.6) is 5.75 Å². The molecule has 0 spiro atoms. The Balaban J connectivity index is 2.28. The molecule has 1 aromatic carbocycles. The lowest BCUT2D eigenvalue weighted by atomic mass is 10.0. The maximum absolute atomic E-state index is 10.4. The lowest BCUT2D eigenvalue weighted by molar-refractivity contribution is 0.520. The van der Waals surface area contributed by atoms with Crippen molar-refractivity contribution in [3.63, 3.8) is 0 Å². The summed E-state index contributed by atoms with van der Waals surface area (Å²) in [6.45, 7) is 2.23. The molecule has 0 bridgehead atoms. The van der Waals surface area contributed by atoms with Crippen LogP contribution < -0.4 is 4.52 Å². The van der Waals surface area contributed by atoms with Gasteiger partial charge in [0.25, 0.3) is 0 Å². The predicted octanol–water partition coefficient (Wildman–Crippen LogP) is 5.18. The van der Waals surface area contributed by atoms with Gasteiger partial charge in [-0.2, -0.15) is 0 Å². The van der Waals surface area contributed by atoms with Gasteiger partial charge in [0.1, 0.15) is 5.75 Å². The van der Waals surface area contributed by atoms with E-state index in [1.807, 2.05) is 24.3 Å². The van der Waals surface area contributed by atoms with E-state index < -0.39 is 0 Å². The van der Waals surface area contributed by atoms with Crippen LogP contribution in [0.25, 0.3) is 0 Å². The largest absolute Gasteiger partial charge is 0.407 e. The zero-order valence-electron chi connectivity index (χ0n) is 10.5. The quantitative estimate of drug-likeness (QED) is 0.447. The summed E-state index contributed by atoms with van der Waals surface area (Å²) in [4.78, 5) is 0. The topological polar surface area (TPSA) is 26.3 Å². The Labute approximate surface area is 106 Å². The van der Waals surface area contributed by atoms with Crippen LogP contribution >= 0.6 is 8.69 Å². The third kappa shape index (κ3) is 5.83. The first-order valence-electron chi connectivity index (χ1n) is 6.46. The van der Waals surface area contributed by atoms with Gasteiger partial charge in [-0.05, 0) is 24.5 Å². The average molecular weight is 252 g/mol. The van der Waals surface area contributed by atoms with E-state index in [1.165, 1.54) is 38.5 Å². The maximum atomic E-state index is 10.4. The summed E-state index contributed by atoms with van der Waals surface area (Å²) in [5.74, 6) is 0.748. The van der Waals surface area contributed by atoms with E-state index >= 15 is 0 Å². The number of rotatable bonds is 9. The first-order chi connectivity index (χ1) is 8.38. The number of hydrogen-bond acceptors (Lipinski definition) is 2. The van der Waals surface area contributed by atoms with Crippen molar-refractivity contribution >= 4 is 8.69 Å². The number of hydrogen-bond donors (Lipinski definition) is 0. The van der Waals surface area contributed by atoms with Crippen LogP contribution in [0.1, 0.15) is 51.0 Å². The predicted molar refractivity (Wildman–Crippen MR) is 71.8 cm³/mol. The van der Waals surface area contributed by atoms with E-state index in [1.54, 1.807) is 0 Å². The van der Waals surface area contributed by atoms with Gasteiger partial charge in [0.15, 0.2) is 0 Å². The standard InChI is InChI=1S/C14H21O2P/c1-2-3-4-5-6-7-10-13-11-8-9-12-14(13)16-17-15/h8-9,11-12H,2-7,10H2,1H3. The van der Waals surface area contributed by atoms with Gasteiger partial charge in [0.05, 0.1) is 0 Å². The lowest BCUT2D eigenvalue weighted by Gasteiger charge is -2.06. The molecule has 1 rings (SSSR count). The molecule has 2 nitrogen and oxygen atoms in total. The molecule has 94 valence electrons. The molecule has 0 unspecified atom stereocenters. The van der Waals surface area contributed by atoms with Crippen molar-refractivity contribution in [1.82, 2.24) is 0 Å². The Bertz CT molecular complexity index is 326. The highest BCUT2D eigenvalue weighted by atomic mass is 31.1. The van der Waals surface area contributed by atoms with Gasteiger partial charge < -0.3 is 4.52 Å². The Morgan fingerprint density at radius 1 is 1.06 bits per heavy atom. The minimum absolute atomic E-state index is 0.272. The second kappa shape index (κ2) is 9.18. The third-order valence-electron chi connectivity index (χ3n) is 2.91. The highest BCUT2D eigenvalue weighted by molar-refractivity contribution is 7.17. The molecule has 0 N–H and O–H groups in total. The fourth-order valence-electron chi connectivity index (χ4n) is 1.94. The summed E-state index contributed by atoms with van der Waals surface area (Å²) in [7, 11) is -0.272. The second-order valence-corrected chi connectivity index (χ2v) is 4.62. The molecule has 0 aliphatic rings. The first-order valence-corrected chi connectivity index (χ1v) is 7.19. The van der Waals surface area contributed by atoms with Crippen molar-refractivity contribution in [2.45, 2.75) is 51.9 Å². The maximum Gasteiger partial charge on any atom is 0.395 e. The van der Waals surface area contributed by atoms with Crippen molar-refractivity contribution in [3.8, 4) is 5.75 Å². The van der Waals surface area contributed by atoms with Crippen LogP contribution in [-0.2, 0) is 11.0 Å². The van der Waals surface area contributed by atoms with Gasteiger partial charge in [-0.3, -0.25) is 0 Å². The van der Waals surface area contributed by atoms with Gasteiger partial charge in [0.2, 0.25) is 0 Å². The molecule has 0 atom stereocenters. The molecule has 17 heavy (non-hydrogen) atoms. The number of benzene rings is 1. The summed E-state index contributed by atoms with van der Waals surface area (Å²) in [6.07, 6.45) is 8.75. The SMILES string of the molecule is CCCCCCCCc1ccccc1OP=O. The van der Waals surface area contributed by atoms with Crippen molar-refractivity contribution < 1.29 is 9.09 Å². The average Bonchev–Trinajstić information content (AvgIpc) is 2.36. The minimum atomic E-state index is -0.272. The van der Waals surface area contributed by atoms with Crippen molar-refractivity contribution in [1.29, 1.82) is 0 Å². The van der Waals surface area contributed by atoms with Crippen LogP contribution in [0.3, 0.4) is 0 Å². The molecule has 1 aromatic rings. The third-order valence-corrected chi connectivity index (χ3v) is 3.18. The molecule has 0 saturated carbocycles. The molecule has 0 saturated heterocycles. The molecule has 0 fully saturated rings. The second-order valence-electron chi connectivity index (χ2n) is 4.29. The Morgan fingerprint density at radius 2 is 1.76 bits per heavy atom. The van der Waals surface area contributed by atoms with Crippen molar-refractivity contribution in [3.05, 3.63) is 29.8 Å². The molecule has 0 aliphatic heterocycles. The van der Waals surface area contributed by atoms with Crippen LogP contribution in [0.4, 0.5) is 0 Å². The van der Waals surface area contributed by atoms with Gasteiger partial charge in [-0.25, -0.2) is 4.57 Å².